The number of hydrogen-bond donors (Lipinski definition) is 0. The first-order valence-corrected chi connectivity index (χ1v) is 9.35. The predicted octanol–water partition coefficient (Wildman–Crippen LogP) is 4.53. The van der Waals surface area contributed by atoms with Gasteiger partial charge in [-0.05, 0) is 42.5 Å². The van der Waals surface area contributed by atoms with Crippen molar-refractivity contribution in [3.8, 4) is 23.4 Å². The van der Waals surface area contributed by atoms with Crippen molar-refractivity contribution in [3.63, 3.8) is 0 Å². The van der Waals surface area contributed by atoms with E-state index in [-0.39, 0.29) is 27.8 Å². The molecular formula is C19H11F3N2O4S. The molecule has 10 heteroatoms. The van der Waals surface area contributed by atoms with E-state index in [1.165, 1.54) is 48.5 Å². The molecule has 1 aromatic heterocycles. The van der Waals surface area contributed by atoms with Crippen LogP contribution in [0.1, 0.15) is 11.1 Å². The van der Waals surface area contributed by atoms with Gasteiger partial charge in [-0.1, -0.05) is 12.1 Å². The van der Waals surface area contributed by atoms with Crippen molar-refractivity contribution in [1.82, 2.24) is 4.98 Å². The van der Waals surface area contributed by atoms with Crippen molar-refractivity contribution in [2.75, 3.05) is 0 Å². The number of nitrogens with zero attached hydrogens (tertiary/aromatic N) is 2. The monoisotopic (exact) mass is 420 g/mol. The van der Waals surface area contributed by atoms with Crippen LogP contribution in [-0.2, 0) is 16.3 Å². The molecular weight excluding hydrogens is 409 g/mol. The normalized spacial score (nSPS) is 11.5. The molecule has 0 spiro atoms. The lowest BCUT2D eigenvalue weighted by atomic mass is 10.2. The van der Waals surface area contributed by atoms with Crippen LogP contribution in [0.2, 0.25) is 0 Å². The minimum absolute atomic E-state index is 0.0366. The predicted molar refractivity (Wildman–Crippen MR) is 94.7 cm³/mol. The lowest BCUT2D eigenvalue weighted by Crippen LogP contribution is -2.11. The van der Waals surface area contributed by atoms with Gasteiger partial charge in [-0.3, -0.25) is 0 Å². The van der Waals surface area contributed by atoms with Gasteiger partial charge in [-0.25, -0.2) is 4.98 Å². The molecule has 0 atom stereocenters. The van der Waals surface area contributed by atoms with Gasteiger partial charge < -0.3 is 8.92 Å². The van der Waals surface area contributed by atoms with E-state index in [0.29, 0.717) is 6.20 Å². The molecule has 0 aliphatic rings. The van der Waals surface area contributed by atoms with Gasteiger partial charge in [0.1, 0.15) is 22.5 Å². The average molecular weight is 420 g/mol. The largest absolute Gasteiger partial charge is 0.439 e. The number of nitriles is 1. The van der Waals surface area contributed by atoms with E-state index in [9.17, 15) is 21.6 Å². The highest BCUT2D eigenvalue weighted by Gasteiger charge is 2.30. The van der Waals surface area contributed by atoms with Gasteiger partial charge in [0.2, 0.25) is 5.88 Å². The fourth-order valence-electron chi connectivity index (χ4n) is 2.24. The molecule has 0 bridgehead atoms. The molecule has 1 heterocycles. The fourth-order valence-corrected chi connectivity index (χ4v) is 3.32. The van der Waals surface area contributed by atoms with Crippen LogP contribution in [0.25, 0.3) is 0 Å². The van der Waals surface area contributed by atoms with Gasteiger partial charge in [0, 0.05) is 12.3 Å². The first-order chi connectivity index (χ1) is 13.7. The molecule has 3 rings (SSSR count). The maximum absolute atomic E-state index is 12.5. The molecule has 0 aliphatic carbocycles. The first-order valence-electron chi connectivity index (χ1n) is 7.94. The highest BCUT2D eigenvalue weighted by molar-refractivity contribution is 7.87. The minimum Gasteiger partial charge on any atom is -0.439 e. The third-order valence-corrected chi connectivity index (χ3v) is 4.90. The molecule has 6 nitrogen and oxygen atoms in total. The molecule has 29 heavy (non-hydrogen) atoms. The summed E-state index contributed by atoms with van der Waals surface area (Å²) < 4.78 is 72.7. The number of aromatic nitrogens is 1. The zero-order valence-electron chi connectivity index (χ0n) is 14.4. The second kappa shape index (κ2) is 7.81. The number of halogens is 3. The number of ether oxygens (including phenoxy) is 1. The van der Waals surface area contributed by atoms with Crippen LogP contribution < -0.4 is 8.92 Å². The summed E-state index contributed by atoms with van der Waals surface area (Å²) in [6.45, 7) is 0. The van der Waals surface area contributed by atoms with E-state index >= 15 is 0 Å². The van der Waals surface area contributed by atoms with E-state index < -0.39 is 21.9 Å². The number of pyridine rings is 1. The van der Waals surface area contributed by atoms with Crippen LogP contribution in [0.3, 0.4) is 0 Å². The number of benzene rings is 2. The van der Waals surface area contributed by atoms with Gasteiger partial charge in [0.15, 0.2) is 0 Å². The van der Waals surface area contributed by atoms with Gasteiger partial charge >= 0.3 is 16.3 Å². The molecule has 2 aromatic carbocycles. The van der Waals surface area contributed by atoms with Crippen molar-refractivity contribution >= 4 is 10.1 Å². The molecule has 0 saturated heterocycles. The van der Waals surface area contributed by atoms with E-state index in [0.717, 1.165) is 12.1 Å². The maximum Gasteiger partial charge on any atom is 0.417 e. The Morgan fingerprint density at radius 1 is 0.931 bits per heavy atom. The Kier molecular flexibility index (Phi) is 5.43. The number of hydrogen-bond acceptors (Lipinski definition) is 6. The lowest BCUT2D eigenvalue weighted by Gasteiger charge is -2.10. The summed E-state index contributed by atoms with van der Waals surface area (Å²) in [5, 5.41) is 9.03. The van der Waals surface area contributed by atoms with E-state index in [4.69, 9.17) is 14.2 Å². The van der Waals surface area contributed by atoms with Crippen LogP contribution in [0.4, 0.5) is 13.2 Å². The topological polar surface area (TPSA) is 89.3 Å². The van der Waals surface area contributed by atoms with Crippen molar-refractivity contribution in [2.45, 2.75) is 11.1 Å². The van der Waals surface area contributed by atoms with E-state index in [1.54, 1.807) is 6.07 Å². The summed E-state index contributed by atoms with van der Waals surface area (Å²) in [4.78, 5) is 3.31. The van der Waals surface area contributed by atoms with Crippen molar-refractivity contribution in [3.05, 3.63) is 78.0 Å². The first kappa shape index (κ1) is 20.2. The average Bonchev–Trinajstić information content (AvgIpc) is 2.69. The number of alkyl halides is 3. The van der Waals surface area contributed by atoms with Crippen LogP contribution in [0.5, 0.6) is 17.4 Å². The van der Waals surface area contributed by atoms with Crippen molar-refractivity contribution in [2.24, 2.45) is 0 Å². The molecule has 0 aliphatic heterocycles. The SMILES string of the molecule is N#Cc1ccccc1S(=O)(=O)Oc1ccc(Oc2ccc(C(F)(F)F)cn2)cc1. The van der Waals surface area contributed by atoms with Crippen molar-refractivity contribution < 1.29 is 30.5 Å². The molecule has 0 amide bonds. The van der Waals surface area contributed by atoms with Gasteiger partial charge in [0.05, 0.1) is 11.1 Å². The van der Waals surface area contributed by atoms with Crippen LogP contribution in [0.15, 0.2) is 71.8 Å². The molecule has 0 N–H and O–H groups in total. The lowest BCUT2D eigenvalue weighted by molar-refractivity contribution is -0.137. The highest BCUT2D eigenvalue weighted by Crippen LogP contribution is 2.30. The van der Waals surface area contributed by atoms with Gasteiger partial charge in [-0.15, -0.1) is 0 Å². The molecule has 148 valence electrons. The van der Waals surface area contributed by atoms with Crippen LogP contribution in [-0.4, -0.2) is 13.4 Å². The highest BCUT2D eigenvalue weighted by atomic mass is 32.2. The summed E-state index contributed by atoms with van der Waals surface area (Å²) >= 11 is 0. The molecule has 0 saturated carbocycles. The molecule has 0 unspecified atom stereocenters. The second-order valence-electron chi connectivity index (χ2n) is 5.60. The summed E-state index contributed by atoms with van der Waals surface area (Å²) in [6.07, 6.45) is -3.85. The second-order valence-corrected chi connectivity index (χ2v) is 7.12. The maximum atomic E-state index is 12.5. The Labute approximate surface area is 163 Å². The zero-order valence-corrected chi connectivity index (χ0v) is 15.2. The summed E-state index contributed by atoms with van der Waals surface area (Å²) in [5.41, 5.74) is -0.961. The molecule has 0 radical (unpaired) electrons. The Morgan fingerprint density at radius 2 is 1.59 bits per heavy atom. The third-order valence-electron chi connectivity index (χ3n) is 3.59. The minimum atomic E-state index is -4.50. The van der Waals surface area contributed by atoms with E-state index in [2.05, 4.69) is 4.98 Å². The third kappa shape index (κ3) is 4.83. The Balaban J connectivity index is 1.73. The van der Waals surface area contributed by atoms with Crippen LogP contribution >= 0.6 is 0 Å². The molecule has 0 fully saturated rings. The van der Waals surface area contributed by atoms with Gasteiger partial charge in [-0.2, -0.15) is 26.9 Å². The molecule has 3 aromatic rings. The standard InChI is InChI=1S/C19H11F3N2O4S/c20-19(21,22)14-5-10-18(24-12-14)27-15-6-8-16(9-7-15)28-29(25,26)17-4-2-1-3-13(17)11-23/h1-10,12H. The van der Waals surface area contributed by atoms with Crippen molar-refractivity contribution in [1.29, 1.82) is 5.26 Å². The summed E-state index contributed by atoms with van der Waals surface area (Å²) in [5.74, 6) is 0.104. The smallest absolute Gasteiger partial charge is 0.417 e. The summed E-state index contributed by atoms with van der Waals surface area (Å²) in [7, 11) is -4.23. The Morgan fingerprint density at radius 3 is 2.17 bits per heavy atom. The van der Waals surface area contributed by atoms with E-state index in [1.807, 2.05) is 0 Å². The number of rotatable bonds is 5. The Bertz CT molecular complexity index is 1150. The van der Waals surface area contributed by atoms with Gasteiger partial charge in [0.25, 0.3) is 0 Å². The Hall–Kier alpha value is -3.58. The zero-order chi connectivity index (χ0) is 21.1. The summed E-state index contributed by atoms with van der Waals surface area (Å²) in [6, 6.07) is 14.6. The van der Waals surface area contributed by atoms with Crippen LogP contribution in [0, 0.1) is 11.3 Å². The quantitative estimate of drug-likeness (QED) is 0.564. The fraction of sp³-hybridized carbons (Fsp3) is 0.0526.